The lowest BCUT2D eigenvalue weighted by atomic mass is 10.1. The molecule has 0 bridgehead atoms. The van der Waals surface area contributed by atoms with Crippen molar-refractivity contribution in [1.82, 2.24) is 0 Å². The molecule has 2 nitrogen and oxygen atoms in total. The highest BCUT2D eigenvalue weighted by molar-refractivity contribution is 5.96. The molecule has 2 aromatic rings. The van der Waals surface area contributed by atoms with Crippen LogP contribution in [-0.4, -0.2) is 12.4 Å². The van der Waals surface area contributed by atoms with Crippen molar-refractivity contribution in [2.45, 2.75) is 13.8 Å². The van der Waals surface area contributed by atoms with E-state index in [0.717, 1.165) is 11.1 Å². The molecule has 2 aromatic carbocycles. The van der Waals surface area contributed by atoms with Gasteiger partial charge in [-0.15, -0.1) is 0 Å². The summed E-state index contributed by atoms with van der Waals surface area (Å²) < 4.78 is 5.61. The number of Topliss-reactive ketones (excluding diaryl/α,β-unsaturated/α-hetero) is 1. The molecule has 2 rings (SSSR count). The largest absolute Gasteiger partial charge is 0.480 e. The molecule has 0 fully saturated rings. The molecular formula is C18H16O2. The Labute approximate surface area is 119 Å². The van der Waals surface area contributed by atoms with Gasteiger partial charge < -0.3 is 4.74 Å². The van der Waals surface area contributed by atoms with Gasteiger partial charge >= 0.3 is 0 Å². The van der Waals surface area contributed by atoms with Crippen LogP contribution in [0.1, 0.15) is 28.4 Å². The van der Waals surface area contributed by atoms with Crippen molar-refractivity contribution in [3.8, 4) is 17.6 Å². The number of benzene rings is 2. The van der Waals surface area contributed by atoms with Gasteiger partial charge in [0.1, 0.15) is 12.4 Å². The zero-order chi connectivity index (χ0) is 14.4. The second kappa shape index (κ2) is 6.58. The fraction of sp³-hybridized carbons (Fsp3) is 0.167. The Morgan fingerprint density at radius 1 is 1.15 bits per heavy atom. The summed E-state index contributed by atoms with van der Waals surface area (Å²) in [5, 5.41) is 0. The topological polar surface area (TPSA) is 26.3 Å². The molecule has 100 valence electrons. The first-order valence-electron chi connectivity index (χ1n) is 6.45. The molecule has 0 aliphatic rings. The zero-order valence-corrected chi connectivity index (χ0v) is 11.6. The number of ether oxygens (including phenoxy) is 1. The van der Waals surface area contributed by atoms with Gasteiger partial charge in [0.05, 0.1) is 5.56 Å². The number of carbonyl (C=O) groups excluding carboxylic acids is 1. The van der Waals surface area contributed by atoms with Gasteiger partial charge in [0.2, 0.25) is 0 Å². The first kappa shape index (κ1) is 13.9. The van der Waals surface area contributed by atoms with Crippen LogP contribution in [0.25, 0.3) is 0 Å². The summed E-state index contributed by atoms with van der Waals surface area (Å²) in [5.74, 6) is 6.56. The normalized spacial score (nSPS) is 9.50. The minimum absolute atomic E-state index is 0.00369. The summed E-state index contributed by atoms with van der Waals surface area (Å²) in [4.78, 5) is 11.5. The smallest absolute Gasteiger partial charge is 0.163 e. The van der Waals surface area contributed by atoms with Gasteiger partial charge in [0.25, 0.3) is 0 Å². The van der Waals surface area contributed by atoms with Crippen molar-refractivity contribution in [3.05, 3.63) is 65.2 Å². The molecule has 0 unspecified atom stereocenters. The van der Waals surface area contributed by atoms with Gasteiger partial charge in [0, 0.05) is 5.56 Å². The van der Waals surface area contributed by atoms with E-state index in [0.29, 0.717) is 11.3 Å². The van der Waals surface area contributed by atoms with E-state index in [1.54, 1.807) is 6.07 Å². The second-order valence-electron chi connectivity index (χ2n) is 4.51. The molecule has 0 amide bonds. The van der Waals surface area contributed by atoms with Crippen molar-refractivity contribution in [1.29, 1.82) is 0 Å². The summed E-state index contributed by atoms with van der Waals surface area (Å²) in [6, 6.07) is 15.3. The Hall–Kier alpha value is -2.53. The van der Waals surface area contributed by atoms with E-state index in [4.69, 9.17) is 4.74 Å². The quantitative estimate of drug-likeness (QED) is 0.625. The van der Waals surface area contributed by atoms with Crippen molar-refractivity contribution in [2.24, 2.45) is 0 Å². The van der Waals surface area contributed by atoms with Crippen LogP contribution in [0.3, 0.4) is 0 Å². The Morgan fingerprint density at radius 2 is 1.90 bits per heavy atom. The van der Waals surface area contributed by atoms with Crippen LogP contribution in [0.4, 0.5) is 0 Å². The molecule has 0 aliphatic heterocycles. The Morgan fingerprint density at radius 3 is 2.60 bits per heavy atom. The minimum Gasteiger partial charge on any atom is -0.480 e. The monoisotopic (exact) mass is 264 g/mol. The van der Waals surface area contributed by atoms with Gasteiger partial charge in [-0.1, -0.05) is 36.1 Å². The predicted molar refractivity (Wildman–Crippen MR) is 80.0 cm³/mol. The van der Waals surface area contributed by atoms with E-state index in [-0.39, 0.29) is 12.4 Å². The molecule has 2 heteroatoms. The molecule has 0 N–H and O–H groups in total. The van der Waals surface area contributed by atoms with Gasteiger partial charge in [-0.25, -0.2) is 0 Å². The third kappa shape index (κ3) is 3.73. The molecular weight excluding hydrogens is 248 g/mol. The molecule has 0 saturated heterocycles. The van der Waals surface area contributed by atoms with Crippen molar-refractivity contribution >= 4 is 5.78 Å². The standard InChI is InChI=1S/C18H16O2/c1-14-10-11-17(15(2)19)18(13-14)20-12-6-9-16-7-4-3-5-8-16/h3-5,7-8,10-11,13H,12H2,1-2H3. The van der Waals surface area contributed by atoms with Gasteiger partial charge in [-0.2, -0.15) is 0 Å². The fourth-order valence-electron chi connectivity index (χ4n) is 1.81. The van der Waals surface area contributed by atoms with Crippen molar-refractivity contribution < 1.29 is 9.53 Å². The summed E-state index contributed by atoms with van der Waals surface area (Å²) in [5.41, 5.74) is 2.60. The predicted octanol–water partition coefficient (Wildman–Crippen LogP) is 3.63. The lowest BCUT2D eigenvalue weighted by Crippen LogP contribution is -2.01. The number of ketones is 1. The van der Waals surface area contributed by atoms with Crippen LogP contribution in [0.2, 0.25) is 0 Å². The Balaban J connectivity index is 2.06. The van der Waals surface area contributed by atoms with Crippen LogP contribution in [-0.2, 0) is 0 Å². The van der Waals surface area contributed by atoms with Crippen LogP contribution in [0.5, 0.6) is 5.75 Å². The molecule has 0 atom stereocenters. The molecule has 0 aliphatic carbocycles. The van der Waals surface area contributed by atoms with E-state index in [1.165, 1.54) is 6.92 Å². The maximum atomic E-state index is 11.5. The third-order valence-corrected chi connectivity index (χ3v) is 2.82. The Kier molecular flexibility index (Phi) is 4.57. The minimum atomic E-state index is -0.00369. The van der Waals surface area contributed by atoms with E-state index < -0.39 is 0 Å². The Bertz CT molecular complexity index is 661. The van der Waals surface area contributed by atoms with Crippen molar-refractivity contribution in [2.75, 3.05) is 6.61 Å². The molecule has 0 saturated carbocycles. The summed E-state index contributed by atoms with van der Waals surface area (Å²) >= 11 is 0. The SMILES string of the molecule is CC(=O)c1ccc(C)cc1OCC#Cc1ccccc1. The summed E-state index contributed by atoms with van der Waals surface area (Å²) in [6.45, 7) is 3.76. The van der Waals surface area contributed by atoms with Gasteiger partial charge in [0.15, 0.2) is 5.78 Å². The highest BCUT2D eigenvalue weighted by atomic mass is 16.5. The van der Waals surface area contributed by atoms with Crippen LogP contribution in [0, 0.1) is 18.8 Å². The number of rotatable bonds is 3. The average Bonchev–Trinajstić information content (AvgIpc) is 2.44. The number of carbonyl (C=O) groups is 1. The first-order valence-corrected chi connectivity index (χ1v) is 6.45. The highest BCUT2D eigenvalue weighted by Gasteiger charge is 2.07. The number of hydrogen-bond acceptors (Lipinski definition) is 2. The molecule has 0 radical (unpaired) electrons. The zero-order valence-electron chi connectivity index (χ0n) is 11.6. The maximum absolute atomic E-state index is 11.5. The molecule has 20 heavy (non-hydrogen) atoms. The summed E-state index contributed by atoms with van der Waals surface area (Å²) in [6.07, 6.45) is 0. The van der Waals surface area contributed by atoms with Crippen LogP contribution in [0.15, 0.2) is 48.5 Å². The average molecular weight is 264 g/mol. The van der Waals surface area contributed by atoms with E-state index in [2.05, 4.69) is 11.8 Å². The van der Waals surface area contributed by atoms with Crippen LogP contribution < -0.4 is 4.74 Å². The number of aryl methyl sites for hydroxylation is 1. The third-order valence-electron chi connectivity index (χ3n) is 2.82. The van der Waals surface area contributed by atoms with E-state index >= 15 is 0 Å². The second-order valence-corrected chi connectivity index (χ2v) is 4.51. The lowest BCUT2D eigenvalue weighted by molar-refractivity contribution is 0.101. The van der Waals surface area contributed by atoms with Gasteiger partial charge in [-0.3, -0.25) is 4.79 Å². The first-order chi connectivity index (χ1) is 9.66. The molecule has 0 spiro atoms. The molecule has 0 aromatic heterocycles. The number of hydrogen-bond donors (Lipinski definition) is 0. The maximum Gasteiger partial charge on any atom is 0.163 e. The van der Waals surface area contributed by atoms with E-state index in [1.807, 2.05) is 49.4 Å². The highest BCUT2D eigenvalue weighted by Crippen LogP contribution is 2.20. The van der Waals surface area contributed by atoms with E-state index in [9.17, 15) is 4.79 Å². The fourth-order valence-corrected chi connectivity index (χ4v) is 1.81. The molecule has 0 heterocycles. The van der Waals surface area contributed by atoms with Crippen LogP contribution >= 0.6 is 0 Å². The lowest BCUT2D eigenvalue weighted by Gasteiger charge is -2.07. The summed E-state index contributed by atoms with van der Waals surface area (Å²) in [7, 11) is 0. The van der Waals surface area contributed by atoms with Gasteiger partial charge in [-0.05, 0) is 43.7 Å². The van der Waals surface area contributed by atoms with Crippen molar-refractivity contribution in [3.63, 3.8) is 0 Å².